The van der Waals surface area contributed by atoms with Gasteiger partial charge in [-0.3, -0.25) is 0 Å². The Morgan fingerprint density at radius 3 is 2.41 bits per heavy atom. The molecule has 0 saturated carbocycles. The van der Waals surface area contributed by atoms with E-state index in [9.17, 15) is 0 Å². The van der Waals surface area contributed by atoms with Crippen LogP contribution in [0.5, 0.6) is 11.5 Å². The smallest absolute Gasteiger partial charge is 0.229 e. The number of aromatic nitrogens is 3. The molecule has 0 bridgehead atoms. The predicted octanol–water partition coefficient (Wildman–Crippen LogP) is 5.91. The van der Waals surface area contributed by atoms with Gasteiger partial charge in [-0.15, -0.1) is 0 Å². The number of nitrogens with one attached hydrogen (secondary N) is 1. The number of benzene rings is 2. The van der Waals surface area contributed by atoms with Gasteiger partial charge >= 0.3 is 0 Å². The second-order valence-corrected chi connectivity index (χ2v) is 8.12. The topological polar surface area (TPSA) is 82.3 Å². The molecule has 0 fully saturated rings. The van der Waals surface area contributed by atoms with Crippen LogP contribution in [0, 0.1) is 6.92 Å². The number of hydrogen-bond acceptors (Lipinski definition) is 7. The summed E-state index contributed by atoms with van der Waals surface area (Å²) in [6.45, 7) is 8.18. The standard InChI is InChI=1S/C25H28N4O3/c1-14(2)25-28-24(29-32-25)19-12-18-9-7-8-15(3)22(18)27-23(19)26-16(4)17-10-11-20(30-5)21(13-17)31-6/h7-14,16H,1-6H3,(H,26,27)/t16-/m1/s1. The molecule has 0 saturated heterocycles. The van der Waals surface area contributed by atoms with Crippen LogP contribution in [-0.2, 0) is 0 Å². The average molecular weight is 433 g/mol. The van der Waals surface area contributed by atoms with Crippen LogP contribution in [0.3, 0.4) is 0 Å². The summed E-state index contributed by atoms with van der Waals surface area (Å²) < 4.78 is 16.3. The molecule has 7 heteroatoms. The van der Waals surface area contributed by atoms with E-state index < -0.39 is 0 Å². The summed E-state index contributed by atoms with van der Waals surface area (Å²) in [5.74, 6) is 3.34. The number of anilines is 1. The zero-order chi connectivity index (χ0) is 22.8. The summed E-state index contributed by atoms with van der Waals surface area (Å²) in [4.78, 5) is 9.56. The molecule has 2 heterocycles. The maximum absolute atomic E-state index is 5.47. The fourth-order valence-electron chi connectivity index (χ4n) is 3.62. The highest BCUT2D eigenvalue weighted by Gasteiger charge is 2.19. The van der Waals surface area contributed by atoms with E-state index in [4.69, 9.17) is 19.0 Å². The largest absolute Gasteiger partial charge is 0.493 e. The summed E-state index contributed by atoms with van der Waals surface area (Å²) in [5.41, 5.74) is 3.88. The van der Waals surface area contributed by atoms with Crippen molar-refractivity contribution in [3.8, 4) is 22.9 Å². The van der Waals surface area contributed by atoms with Crippen LogP contribution < -0.4 is 14.8 Å². The Kier molecular flexibility index (Phi) is 5.99. The van der Waals surface area contributed by atoms with E-state index in [1.165, 1.54) is 0 Å². The average Bonchev–Trinajstić information content (AvgIpc) is 3.29. The maximum Gasteiger partial charge on any atom is 0.229 e. The van der Waals surface area contributed by atoms with Gasteiger partial charge in [0, 0.05) is 11.3 Å². The van der Waals surface area contributed by atoms with Crippen LogP contribution in [0.2, 0.25) is 0 Å². The van der Waals surface area contributed by atoms with Crippen LogP contribution in [-0.4, -0.2) is 29.3 Å². The van der Waals surface area contributed by atoms with E-state index in [1.807, 2.05) is 44.2 Å². The van der Waals surface area contributed by atoms with Crippen LogP contribution >= 0.6 is 0 Å². The Balaban J connectivity index is 1.78. The first kappa shape index (κ1) is 21.6. The van der Waals surface area contributed by atoms with Crippen LogP contribution in [0.15, 0.2) is 47.0 Å². The lowest BCUT2D eigenvalue weighted by atomic mass is 10.1. The molecule has 1 atom stereocenters. The van der Waals surface area contributed by atoms with Crippen molar-refractivity contribution in [2.24, 2.45) is 0 Å². The summed E-state index contributed by atoms with van der Waals surface area (Å²) in [6.07, 6.45) is 0. The minimum Gasteiger partial charge on any atom is -0.493 e. The Labute approximate surface area is 187 Å². The molecule has 0 spiro atoms. The van der Waals surface area contributed by atoms with E-state index in [-0.39, 0.29) is 12.0 Å². The number of methoxy groups -OCH3 is 2. The van der Waals surface area contributed by atoms with Crippen molar-refractivity contribution in [1.82, 2.24) is 15.1 Å². The van der Waals surface area contributed by atoms with Gasteiger partial charge in [-0.05, 0) is 43.2 Å². The zero-order valence-electron chi connectivity index (χ0n) is 19.3. The van der Waals surface area contributed by atoms with Crippen molar-refractivity contribution < 1.29 is 14.0 Å². The van der Waals surface area contributed by atoms with E-state index in [0.29, 0.717) is 29.0 Å². The molecule has 4 aromatic rings. The molecule has 166 valence electrons. The summed E-state index contributed by atoms with van der Waals surface area (Å²) in [6, 6.07) is 14.0. The molecule has 1 N–H and O–H groups in total. The number of aryl methyl sites for hydroxylation is 1. The molecule has 0 aliphatic rings. The number of fused-ring (bicyclic) bond motifs is 1. The van der Waals surface area contributed by atoms with Gasteiger partial charge in [-0.2, -0.15) is 4.98 Å². The number of rotatable bonds is 7. The molecule has 0 aliphatic heterocycles. The normalized spacial score (nSPS) is 12.2. The van der Waals surface area contributed by atoms with Crippen molar-refractivity contribution in [1.29, 1.82) is 0 Å². The monoisotopic (exact) mass is 432 g/mol. The van der Waals surface area contributed by atoms with E-state index in [1.54, 1.807) is 14.2 Å². The first-order valence-electron chi connectivity index (χ1n) is 10.6. The number of pyridine rings is 1. The predicted molar refractivity (Wildman–Crippen MR) is 125 cm³/mol. The van der Waals surface area contributed by atoms with Crippen molar-refractivity contribution in [2.75, 3.05) is 19.5 Å². The second kappa shape index (κ2) is 8.86. The van der Waals surface area contributed by atoms with Gasteiger partial charge in [0.1, 0.15) is 5.82 Å². The van der Waals surface area contributed by atoms with Gasteiger partial charge in [-0.1, -0.05) is 43.3 Å². The fraction of sp³-hybridized carbons (Fsp3) is 0.320. The Morgan fingerprint density at radius 1 is 0.938 bits per heavy atom. The zero-order valence-corrected chi connectivity index (χ0v) is 19.3. The quantitative estimate of drug-likeness (QED) is 0.389. The third kappa shape index (κ3) is 4.10. The van der Waals surface area contributed by atoms with Gasteiger partial charge < -0.3 is 19.3 Å². The molecule has 32 heavy (non-hydrogen) atoms. The molecular weight excluding hydrogens is 404 g/mol. The molecule has 0 aliphatic carbocycles. The minimum atomic E-state index is -0.0565. The van der Waals surface area contributed by atoms with Crippen LogP contribution in [0.1, 0.15) is 49.7 Å². The summed E-state index contributed by atoms with van der Waals surface area (Å²) in [5, 5.41) is 8.80. The van der Waals surface area contributed by atoms with Gasteiger partial charge in [0.05, 0.1) is 31.3 Å². The van der Waals surface area contributed by atoms with Gasteiger partial charge in [0.2, 0.25) is 11.7 Å². The SMILES string of the molecule is COc1ccc([C@@H](C)Nc2nc3c(C)cccc3cc2-c2noc(C(C)C)n2)cc1OC. The first-order chi connectivity index (χ1) is 15.4. The fourth-order valence-corrected chi connectivity index (χ4v) is 3.62. The van der Waals surface area contributed by atoms with Crippen LogP contribution in [0.25, 0.3) is 22.3 Å². The van der Waals surface area contributed by atoms with Crippen molar-refractivity contribution in [3.05, 3.63) is 59.5 Å². The number of hydrogen-bond donors (Lipinski definition) is 1. The minimum absolute atomic E-state index is 0.0565. The molecule has 7 nitrogen and oxygen atoms in total. The van der Waals surface area contributed by atoms with E-state index in [2.05, 4.69) is 41.4 Å². The first-order valence-corrected chi connectivity index (χ1v) is 10.6. The lowest BCUT2D eigenvalue weighted by Gasteiger charge is -2.19. The molecule has 0 radical (unpaired) electrons. The summed E-state index contributed by atoms with van der Waals surface area (Å²) in [7, 11) is 3.26. The Hall–Kier alpha value is -3.61. The molecular formula is C25H28N4O3. The van der Waals surface area contributed by atoms with Gasteiger partial charge in [0.15, 0.2) is 11.5 Å². The highest BCUT2D eigenvalue weighted by atomic mass is 16.5. The second-order valence-electron chi connectivity index (χ2n) is 8.12. The number of nitrogens with zero attached hydrogens (tertiary/aromatic N) is 3. The maximum atomic E-state index is 5.47. The van der Waals surface area contributed by atoms with Gasteiger partial charge in [-0.25, -0.2) is 4.98 Å². The molecule has 2 aromatic carbocycles. The molecule has 4 rings (SSSR count). The van der Waals surface area contributed by atoms with Crippen molar-refractivity contribution in [2.45, 2.75) is 39.7 Å². The Bertz CT molecular complexity index is 1250. The van der Waals surface area contributed by atoms with E-state index in [0.717, 1.165) is 27.6 Å². The van der Waals surface area contributed by atoms with Crippen molar-refractivity contribution >= 4 is 16.7 Å². The lowest BCUT2D eigenvalue weighted by molar-refractivity contribution is 0.354. The Morgan fingerprint density at radius 2 is 1.72 bits per heavy atom. The summed E-state index contributed by atoms with van der Waals surface area (Å²) >= 11 is 0. The molecule has 2 aromatic heterocycles. The van der Waals surface area contributed by atoms with Crippen LogP contribution in [0.4, 0.5) is 5.82 Å². The van der Waals surface area contributed by atoms with Gasteiger partial charge in [0.25, 0.3) is 0 Å². The van der Waals surface area contributed by atoms with E-state index >= 15 is 0 Å². The third-order valence-corrected chi connectivity index (χ3v) is 5.48. The molecule has 0 unspecified atom stereocenters. The molecule has 0 amide bonds. The number of para-hydroxylation sites is 1. The highest BCUT2D eigenvalue weighted by Crippen LogP contribution is 2.34. The highest BCUT2D eigenvalue weighted by molar-refractivity contribution is 5.89. The number of ether oxygens (including phenoxy) is 2. The van der Waals surface area contributed by atoms with Crippen molar-refractivity contribution in [3.63, 3.8) is 0 Å². The lowest BCUT2D eigenvalue weighted by Crippen LogP contribution is -2.10. The third-order valence-electron chi connectivity index (χ3n) is 5.48.